The first kappa shape index (κ1) is 15.1. The van der Waals surface area contributed by atoms with Crippen LogP contribution in [0.1, 0.15) is 12.8 Å². The molecule has 0 N–H and O–H groups in total. The Morgan fingerprint density at radius 1 is 1.18 bits per heavy atom. The van der Waals surface area contributed by atoms with Crippen LogP contribution in [0.5, 0.6) is 0 Å². The third kappa shape index (κ3) is 2.53. The largest absolute Gasteiger partial charge is 0.379 e. The Hall–Kier alpha value is -0.470. The summed E-state index contributed by atoms with van der Waals surface area (Å²) in [6.07, 6.45) is 2.51. The van der Waals surface area contributed by atoms with Gasteiger partial charge < -0.3 is 4.74 Å². The molecule has 0 amide bonds. The third-order valence-corrected chi connectivity index (χ3v) is 8.48. The molecule has 1 aromatic heterocycles. The van der Waals surface area contributed by atoms with E-state index in [1.54, 1.807) is 16.4 Å². The second-order valence-corrected chi connectivity index (χ2v) is 9.64. The van der Waals surface area contributed by atoms with Crippen molar-refractivity contribution in [3.05, 3.63) is 17.5 Å². The summed E-state index contributed by atoms with van der Waals surface area (Å²) < 4.78 is 33.4. The molecule has 3 atom stereocenters. The smallest absolute Gasteiger partial charge is 0.252 e. The van der Waals surface area contributed by atoms with E-state index >= 15 is 0 Å². The number of fused-ring (bicyclic) bond motifs is 1. The molecule has 4 rings (SSSR count). The van der Waals surface area contributed by atoms with Crippen molar-refractivity contribution in [1.29, 1.82) is 0 Å². The van der Waals surface area contributed by atoms with Crippen LogP contribution in [0.3, 0.4) is 0 Å². The van der Waals surface area contributed by atoms with Gasteiger partial charge in [-0.1, -0.05) is 6.07 Å². The molecule has 1 aromatic rings. The summed E-state index contributed by atoms with van der Waals surface area (Å²) in [6.45, 7) is 4.98. The van der Waals surface area contributed by atoms with Gasteiger partial charge in [-0.2, -0.15) is 4.31 Å². The van der Waals surface area contributed by atoms with E-state index in [-0.39, 0.29) is 0 Å². The summed E-state index contributed by atoms with van der Waals surface area (Å²) >= 11 is 1.30. The van der Waals surface area contributed by atoms with Gasteiger partial charge in [0, 0.05) is 25.0 Å². The van der Waals surface area contributed by atoms with E-state index in [0.29, 0.717) is 41.8 Å². The van der Waals surface area contributed by atoms with E-state index in [1.165, 1.54) is 24.2 Å². The van der Waals surface area contributed by atoms with Crippen LogP contribution in [-0.2, 0) is 14.8 Å². The SMILES string of the molecule is O=S(=O)(c1cccs1)N1C[C@@H]2COC[C@@H](N3CCCC3)[C@@H]2C1. The zero-order valence-electron chi connectivity index (χ0n) is 12.6. The highest BCUT2D eigenvalue weighted by Gasteiger charge is 2.47. The zero-order chi connectivity index (χ0) is 15.2. The van der Waals surface area contributed by atoms with Crippen molar-refractivity contribution in [1.82, 2.24) is 9.21 Å². The molecule has 0 aliphatic carbocycles. The van der Waals surface area contributed by atoms with Crippen LogP contribution >= 0.6 is 11.3 Å². The van der Waals surface area contributed by atoms with E-state index in [0.717, 1.165) is 19.7 Å². The number of hydrogen-bond donors (Lipinski definition) is 0. The molecule has 0 aromatic carbocycles. The lowest BCUT2D eigenvalue weighted by Gasteiger charge is -2.38. The standard InChI is InChI=1S/C15H22N2O3S2/c18-22(19,15-4-3-7-21-15)17-8-12-10-20-11-14(13(12)9-17)16-5-1-2-6-16/h3-4,7,12-14H,1-2,5-6,8-11H2/t12-,13-,14-/m1/s1. The maximum Gasteiger partial charge on any atom is 0.252 e. The molecule has 0 saturated carbocycles. The molecule has 0 radical (unpaired) electrons. The van der Waals surface area contributed by atoms with Crippen LogP contribution in [0.4, 0.5) is 0 Å². The first-order valence-corrected chi connectivity index (χ1v) is 10.3. The quantitative estimate of drug-likeness (QED) is 0.835. The number of ether oxygens (including phenoxy) is 1. The Balaban J connectivity index is 1.55. The van der Waals surface area contributed by atoms with Crippen molar-refractivity contribution in [3.8, 4) is 0 Å². The molecule has 0 bridgehead atoms. The minimum Gasteiger partial charge on any atom is -0.379 e. The van der Waals surface area contributed by atoms with Crippen LogP contribution < -0.4 is 0 Å². The van der Waals surface area contributed by atoms with Crippen molar-refractivity contribution in [2.45, 2.75) is 23.1 Å². The van der Waals surface area contributed by atoms with Crippen LogP contribution in [0.25, 0.3) is 0 Å². The van der Waals surface area contributed by atoms with Gasteiger partial charge in [0.2, 0.25) is 0 Å². The Labute approximate surface area is 135 Å². The summed E-state index contributed by atoms with van der Waals surface area (Å²) in [5.74, 6) is 0.760. The molecule has 3 aliphatic heterocycles. The van der Waals surface area contributed by atoms with Gasteiger partial charge in [0.05, 0.1) is 13.2 Å². The molecule has 3 saturated heterocycles. The lowest BCUT2D eigenvalue weighted by Crippen LogP contribution is -2.49. The fourth-order valence-electron chi connectivity index (χ4n) is 4.11. The van der Waals surface area contributed by atoms with Gasteiger partial charge in [0.25, 0.3) is 10.0 Å². The second-order valence-electron chi connectivity index (χ2n) is 6.53. The highest BCUT2D eigenvalue weighted by molar-refractivity contribution is 7.91. The number of rotatable bonds is 3. The van der Waals surface area contributed by atoms with Gasteiger partial charge in [0.15, 0.2) is 0 Å². The summed E-state index contributed by atoms with van der Waals surface area (Å²) in [4.78, 5) is 2.51. The highest BCUT2D eigenvalue weighted by Crippen LogP contribution is 2.37. The van der Waals surface area contributed by atoms with E-state index < -0.39 is 10.0 Å². The molecule has 7 heteroatoms. The van der Waals surface area contributed by atoms with Gasteiger partial charge >= 0.3 is 0 Å². The average Bonchev–Trinajstić information content (AvgIpc) is 3.25. The molecular formula is C15H22N2O3S2. The Bertz CT molecular complexity index is 611. The molecule has 3 aliphatic rings. The fraction of sp³-hybridized carbons (Fsp3) is 0.733. The normalized spacial score (nSPS) is 34.1. The van der Waals surface area contributed by atoms with Crippen molar-refractivity contribution < 1.29 is 13.2 Å². The van der Waals surface area contributed by atoms with Crippen molar-refractivity contribution in [2.75, 3.05) is 39.4 Å². The van der Waals surface area contributed by atoms with Crippen LogP contribution in [0.15, 0.2) is 21.7 Å². The molecule has 0 spiro atoms. The average molecular weight is 342 g/mol. The van der Waals surface area contributed by atoms with E-state index in [2.05, 4.69) is 4.90 Å². The van der Waals surface area contributed by atoms with E-state index in [9.17, 15) is 8.42 Å². The minimum absolute atomic E-state index is 0.342. The van der Waals surface area contributed by atoms with E-state index in [1.807, 2.05) is 5.38 Å². The lowest BCUT2D eigenvalue weighted by molar-refractivity contribution is -0.0308. The van der Waals surface area contributed by atoms with Gasteiger partial charge in [0.1, 0.15) is 4.21 Å². The first-order chi connectivity index (χ1) is 10.7. The number of nitrogens with zero attached hydrogens (tertiary/aromatic N) is 2. The van der Waals surface area contributed by atoms with Crippen molar-refractivity contribution in [3.63, 3.8) is 0 Å². The number of hydrogen-bond acceptors (Lipinski definition) is 5. The first-order valence-electron chi connectivity index (χ1n) is 8.02. The minimum atomic E-state index is -3.32. The molecule has 22 heavy (non-hydrogen) atoms. The summed E-state index contributed by atoms with van der Waals surface area (Å²) in [6, 6.07) is 3.90. The Morgan fingerprint density at radius 2 is 2.00 bits per heavy atom. The van der Waals surface area contributed by atoms with E-state index in [4.69, 9.17) is 4.74 Å². The monoisotopic (exact) mass is 342 g/mol. The summed E-state index contributed by atoms with van der Waals surface area (Å²) in [5, 5.41) is 1.83. The molecule has 5 nitrogen and oxygen atoms in total. The molecule has 4 heterocycles. The predicted octanol–water partition coefficient (Wildman–Crippen LogP) is 1.48. The third-order valence-electron chi connectivity index (χ3n) is 5.27. The van der Waals surface area contributed by atoms with Gasteiger partial charge in [-0.3, -0.25) is 4.90 Å². The Morgan fingerprint density at radius 3 is 2.73 bits per heavy atom. The maximum atomic E-state index is 12.7. The van der Waals surface area contributed by atoms with Crippen LogP contribution in [0.2, 0.25) is 0 Å². The van der Waals surface area contributed by atoms with Crippen LogP contribution in [0, 0.1) is 11.8 Å². The predicted molar refractivity (Wildman–Crippen MR) is 85.5 cm³/mol. The van der Waals surface area contributed by atoms with Gasteiger partial charge in [-0.25, -0.2) is 8.42 Å². The van der Waals surface area contributed by atoms with Gasteiger partial charge in [-0.15, -0.1) is 11.3 Å². The highest BCUT2D eigenvalue weighted by atomic mass is 32.2. The fourth-order valence-corrected chi connectivity index (χ4v) is 6.79. The maximum absolute atomic E-state index is 12.7. The number of likely N-dealkylation sites (tertiary alicyclic amines) is 1. The number of sulfonamides is 1. The topological polar surface area (TPSA) is 49.9 Å². The molecular weight excluding hydrogens is 320 g/mol. The van der Waals surface area contributed by atoms with Gasteiger partial charge in [-0.05, 0) is 43.3 Å². The second kappa shape index (κ2) is 5.87. The summed E-state index contributed by atoms with van der Waals surface area (Å²) in [5.41, 5.74) is 0. The van der Waals surface area contributed by atoms with Crippen molar-refractivity contribution in [2.24, 2.45) is 11.8 Å². The van der Waals surface area contributed by atoms with Crippen LogP contribution in [-0.4, -0.2) is 63.1 Å². The summed E-state index contributed by atoms with van der Waals surface area (Å²) in [7, 11) is -3.32. The molecule has 3 fully saturated rings. The zero-order valence-corrected chi connectivity index (χ0v) is 14.2. The van der Waals surface area contributed by atoms with Crippen molar-refractivity contribution >= 4 is 21.4 Å². The number of thiophene rings is 1. The molecule has 122 valence electrons. The Kier molecular flexibility index (Phi) is 4.02. The molecule has 0 unspecified atom stereocenters. The lowest BCUT2D eigenvalue weighted by atomic mass is 9.87.